The van der Waals surface area contributed by atoms with Crippen molar-refractivity contribution in [1.29, 1.82) is 0 Å². The van der Waals surface area contributed by atoms with Crippen LogP contribution in [0.15, 0.2) is 29.2 Å². The molecule has 1 heterocycles. The van der Waals surface area contributed by atoms with E-state index in [9.17, 15) is 14.9 Å². The molecule has 0 unspecified atom stereocenters. The van der Waals surface area contributed by atoms with Crippen LogP contribution in [0.4, 0.5) is 5.69 Å². The summed E-state index contributed by atoms with van der Waals surface area (Å²) in [6, 6.07) is 6.24. The molecule has 1 aliphatic heterocycles. The highest BCUT2D eigenvalue weighted by atomic mass is 32.2. The van der Waals surface area contributed by atoms with Gasteiger partial charge in [0.1, 0.15) is 0 Å². The first-order valence-corrected chi connectivity index (χ1v) is 7.99. The second kappa shape index (κ2) is 7.57. The third-order valence-electron chi connectivity index (χ3n) is 3.50. The summed E-state index contributed by atoms with van der Waals surface area (Å²) >= 11 is 1.39. The van der Waals surface area contributed by atoms with Crippen LogP contribution in [0.2, 0.25) is 0 Å². The van der Waals surface area contributed by atoms with Crippen molar-refractivity contribution in [2.75, 3.05) is 33.2 Å². The summed E-state index contributed by atoms with van der Waals surface area (Å²) in [5.74, 6) is -0.0482. The fraction of sp³-hybridized carbons (Fsp3) is 0.500. The Morgan fingerprint density at radius 2 is 1.86 bits per heavy atom. The number of hydrazine groups is 1. The summed E-state index contributed by atoms with van der Waals surface area (Å²) in [4.78, 5) is 25.4. The zero-order valence-corrected chi connectivity index (χ0v) is 13.5. The van der Waals surface area contributed by atoms with Gasteiger partial charge in [-0.15, -0.1) is 11.8 Å². The minimum absolute atomic E-state index is 0.0482. The number of hydrogen-bond acceptors (Lipinski definition) is 6. The molecule has 1 aromatic rings. The molecule has 2 rings (SSSR count). The maximum Gasteiger partial charge on any atom is 0.269 e. The van der Waals surface area contributed by atoms with Crippen molar-refractivity contribution in [2.45, 2.75) is 17.1 Å². The highest BCUT2D eigenvalue weighted by Gasteiger charge is 2.20. The molecule has 0 spiro atoms. The van der Waals surface area contributed by atoms with E-state index in [1.807, 2.05) is 11.9 Å². The lowest BCUT2D eigenvalue weighted by Crippen LogP contribution is -2.53. The normalized spacial score (nSPS) is 17.9. The quantitative estimate of drug-likeness (QED) is 0.500. The monoisotopic (exact) mass is 324 g/mol. The molecule has 0 saturated carbocycles. The van der Waals surface area contributed by atoms with Crippen LogP contribution >= 0.6 is 11.8 Å². The van der Waals surface area contributed by atoms with Crippen LogP contribution in [0.5, 0.6) is 0 Å². The van der Waals surface area contributed by atoms with Crippen molar-refractivity contribution in [3.63, 3.8) is 0 Å². The molecule has 0 radical (unpaired) electrons. The van der Waals surface area contributed by atoms with Gasteiger partial charge in [-0.1, -0.05) is 0 Å². The second-order valence-electron chi connectivity index (χ2n) is 5.28. The Bertz CT molecular complexity index is 529. The standard InChI is InChI=1S/C14H20N4O3S/c1-11(14(19)15-17-9-7-16(2)8-10-17)22-13-5-3-12(4-6-13)18(20)21/h3-6,11H,7-10H2,1-2H3,(H,15,19)/t11-/m0/s1. The molecular weight excluding hydrogens is 304 g/mol. The number of hydrogen-bond donors (Lipinski definition) is 1. The molecule has 1 saturated heterocycles. The highest BCUT2D eigenvalue weighted by molar-refractivity contribution is 8.00. The minimum atomic E-state index is -0.433. The van der Waals surface area contributed by atoms with Gasteiger partial charge >= 0.3 is 0 Å². The SMILES string of the molecule is C[C@H](Sc1ccc([N+](=O)[O-])cc1)C(=O)NN1CCN(C)CC1. The van der Waals surface area contributed by atoms with Crippen LogP contribution in [0, 0.1) is 10.1 Å². The molecule has 8 heteroatoms. The Hall–Kier alpha value is -1.64. The van der Waals surface area contributed by atoms with Crippen LogP contribution < -0.4 is 5.43 Å². The number of rotatable bonds is 5. The molecule has 1 aliphatic rings. The van der Waals surface area contributed by atoms with Crippen molar-refractivity contribution in [1.82, 2.24) is 15.3 Å². The lowest BCUT2D eigenvalue weighted by Gasteiger charge is -2.32. The molecule has 1 fully saturated rings. The molecule has 1 amide bonds. The number of nitrogens with zero attached hydrogens (tertiary/aromatic N) is 3. The Morgan fingerprint density at radius 1 is 1.27 bits per heavy atom. The molecule has 0 bridgehead atoms. The van der Waals surface area contributed by atoms with E-state index in [1.165, 1.54) is 23.9 Å². The predicted molar refractivity (Wildman–Crippen MR) is 85.6 cm³/mol. The summed E-state index contributed by atoms with van der Waals surface area (Å²) in [5, 5.41) is 12.3. The molecular formula is C14H20N4O3S. The predicted octanol–water partition coefficient (Wildman–Crippen LogP) is 1.35. The topological polar surface area (TPSA) is 78.7 Å². The number of nitro groups is 1. The van der Waals surface area contributed by atoms with Gasteiger partial charge in [-0.05, 0) is 26.1 Å². The van der Waals surface area contributed by atoms with Crippen LogP contribution in [-0.2, 0) is 4.79 Å². The van der Waals surface area contributed by atoms with Gasteiger partial charge in [0.05, 0.1) is 10.2 Å². The first-order chi connectivity index (χ1) is 10.5. The lowest BCUT2D eigenvalue weighted by molar-refractivity contribution is -0.384. The zero-order valence-electron chi connectivity index (χ0n) is 12.7. The number of nitro benzene ring substituents is 1. The van der Waals surface area contributed by atoms with Crippen LogP contribution in [0.3, 0.4) is 0 Å². The number of carbonyl (C=O) groups excluding carboxylic acids is 1. The largest absolute Gasteiger partial charge is 0.304 e. The molecule has 7 nitrogen and oxygen atoms in total. The van der Waals surface area contributed by atoms with Crippen molar-refractivity contribution in [2.24, 2.45) is 0 Å². The van der Waals surface area contributed by atoms with E-state index in [0.717, 1.165) is 31.1 Å². The lowest BCUT2D eigenvalue weighted by atomic mass is 10.3. The maximum absolute atomic E-state index is 12.2. The first-order valence-electron chi connectivity index (χ1n) is 7.11. The number of non-ortho nitro benzene ring substituents is 1. The first kappa shape index (κ1) is 16.7. The fourth-order valence-corrected chi connectivity index (χ4v) is 2.93. The second-order valence-corrected chi connectivity index (χ2v) is 6.69. The number of amides is 1. The van der Waals surface area contributed by atoms with Crippen molar-refractivity contribution in [3.8, 4) is 0 Å². The van der Waals surface area contributed by atoms with Gasteiger partial charge in [-0.25, -0.2) is 5.01 Å². The average molecular weight is 324 g/mol. The van der Waals surface area contributed by atoms with Crippen LogP contribution in [-0.4, -0.2) is 59.2 Å². The van der Waals surface area contributed by atoms with E-state index in [0.29, 0.717) is 0 Å². The minimum Gasteiger partial charge on any atom is -0.304 e. The molecule has 0 aliphatic carbocycles. The number of nitrogens with one attached hydrogen (secondary N) is 1. The van der Waals surface area contributed by atoms with Gasteiger partial charge in [-0.3, -0.25) is 20.3 Å². The van der Waals surface area contributed by atoms with E-state index in [-0.39, 0.29) is 16.8 Å². The summed E-state index contributed by atoms with van der Waals surface area (Å²) < 4.78 is 0. The fourth-order valence-electron chi connectivity index (χ4n) is 2.07. The Labute approximate surface area is 133 Å². The zero-order chi connectivity index (χ0) is 16.1. The molecule has 1 atom stereocenters. The smallest absolute Gasteiger partial charge is 0.269 e. The maximum atomic E-state index is 12.2. The van der Waals surface area contributed by atoms with E-state index in [1.54, 1.807) is 12.1 Å². The van der Waals surface area contributed by atoms with Gasteiger partial charge in [0.25, 0.3) is 5.69 Å². The summed E-state index contributed by atoms with van der Waals surface area (Å²) in [6.07, 6.45) is 0. The summed E-state index contributed by atoms with van der Waals surface area (Å²) in [5.41, 5.74) is 2.98. The third-order valence-corrected chi connectivity index (χ3v) is 4.61. The van der Waals surface area contributed by atoms with Crippen molar-refractivity contribution >= 4 is 23.4 Å². The number of carbonyl (C=O) groups is 1. The highest BCUT2D eigenvalue weighted by Crippen LogP contribution is 2.25. The van der Waals surface area contributed by atoms with E-state index < -0.39 is 4.92 Å². The van der Waals surface area contributed by atoms with Gasteiger partial charge in [0.2, 0.25) is 5.91 Å². The van der Waals surface area contributed by atoms with E-state index in [2.05, 4.69) is 17.4 Å². The van der Waals surface area contributed by atoms with E-state index in [4.69, 9.17) is 0 Å². The molecule has 22 heavy (non-hydrogen) atoms. The molecule has 120 valence electrons. The Kier molecular flexibility index (Phi) is 5.76. The molecule has 1 N–H and O–H groups in total. The summed E-state index contributed by atoms with van der Waals surface area (Å²) in [6.45, 7) is 5.33. The Balaban J connectivity index is 1.84. The van der Waals surface area contributed by atoms with Crippen LogP contribution in [0.1, 0.15) is 6.92 Å². The van der Waals surface area contributed by atoms with Gasteiger partial charge < -0.3 is 4.90 Å². The molecule has 0 aromatic heterocycles. The van der Waals surface area contributed by atoms with Gasteiger partial charge in [0, 0.05) is 43.2 Å². The van der Waals surface area contributed by atoms with Gasteiger partial charge in [-0.2, -0.15) is 0 Å². The average Bonchev–Trinajstić information content (AvgIpc) is 2.50. The Morgan fingerprint density at radius 3 is 2.41 bits per heavy atom. The molecule has 1 aromatic carbocycles. The van der Waals surface area contributed by atoms with Crippen LogP contribution in [0.25, 0.3) is 0 Å². The number of benzene rings is 1. The number of piperazine rings is 1. The third kappa shape index (κ3) is 4.69. The van der Waals surface area contributed by atoms with Gasteiger partial charge in [0.15, 0.2) is 0 Å². The number of thioether (sulfide) groups is 1. The summed E-state index contributed by atoms with van der Waals surface area (Å²) in [7, 11) is 2.06. The van der Waals surface area contributed by atoms with Crippen molar-refractivity contribution in [3.05, 3.63) is 34.4 Å². The van der Waals surface area contributed by atoms with E-state index >= 15 is 0 Å². The van der Waals surface area contributed by atoms with Crippen molar-refractivity contribution < 1.29 is 9.72 Å². The number of likely N-dealkylation sites (N-methyl/N-ethyl adjacent to an activating group) is 1.